The molecule has 0 aliphatic rings. The highest BCUT2D eigenvalue weighted by Gasteiger charge is 2.15. The Morgan fingerprint density at radius 3 is 2.33 bits per heavy atom. The van der Waals surface area contributed by atoms with Gasteiger partial charge < -0.3 is 19.5 Å². The first-order chi connectivity index (χ1) is 18.8. The van der Waals surface area contributed by atoms with E-state index in [1.54, 1.807) is 68.6 Å². The second kappa shape index (κ2) is 14.1. The molecule has 1 unspecified atom stereocenters. The SMILES string of the molecule is CCOc1cc(C=NNC(=O)C(C)NC(=O)Cc2ccc(OC)cc2)ccc1OCc1ccc([N+](=O)[O-])cc1. The number of benzene rings is 3. The number of hydrogen-bond donors (Lipinski definition) is 2. The number of nitro groups is 1. The third-order valence-electron chi connectivity index (χ3n) is 5.49. The summed E-state index contributed by atoms with van der Waals surface area (Å²) in [4.78, 5) is 35.0. The van der Waals surface area contributed by atoms with Crippen LogP contribution in [0.4, 0.5) is 5.69 Å². The maximum atomic E-state index is 12.4. The molecule has 0 bridgehead atoms. The van der Waals surface area contributed by atoms with E-state index < -0.39 is 16.9 Å². The summed E-state index contributed by atoms with van der Waals surface area (Å²) in [6.07, 6.45) is 1.58. The van der Waals surface area contributed by atoms with E-state index in [-0.39, 0.29) is 24.6 Å². The molecule has 0 heterocycles. The largest absolute Gasteiger partial charge is 0.497 e. The molecule has 3 aromatic carbocycles. The highest BCUT2D eigenvalue weighted by Crippen LogP contribution is 2.29. The van der Waals surface area contributed by atoms with E-state index in [1.807, 2.05) is 6.92 Å². The van der Waals surface area contributed by atoms with Crippen molar-refractivity contribution in [1.82, 2.24) is 10.7 Å². The molecule has 3 aromatic rings. The van der Waals surface area contributed by atoms with Gasteiger partial charge in [0.15, 0.2) is 11.5 Å². The Kier molecular flexibility index (Phi) is 10.4. The molecule has 11 heteroatoms. The van der Waals surface area contributed by atoms with Crippen LogP contribution >= 0.6 is 0 Å². The van der Waals surface area contributed by atoms with Crippen molar-refractivity contribution in [2.45, 2.75) is 32.9 Å². The number of methoxy groups -OCH3 is 1. The van der Waals surface area contributed by atoms with Crippen LogP contribution in [0, 0.1) is 10.1 Å². The molecule has 3 rings (SSSR count). The molecule has 2 N–H and O–H groups in total. The van der Waals surface area contributed by atoms with Gasteiger partial charge in [-0.15, -0.1) is 0 Å². The van der Waals surface area contributed by atoms with Crippen LogP contribution in [0.25, 0.3) is 0 Å². The van der Waals surface area contributed by atoms with E-state index in [9.17, 15) is 19.7 Å². The van der Waals surface area contributed by atoms with Gasteiger partial charge in [-0.1, -0.05) is 12.1 Å². The lowest BCUT2D eigenvalue weighted by Gasteiger charge is -2.13. The van der Waals surface area contributed by atoms with E-state index in [0.29, 0.717) is 29.4 Å². The van der Waals surface area contributed by atoms with Crippen molar-refractivity contribution in [3.05, 3.63) is 93.5 Å². The highest BCUT2D eigenvalue weighted by atomic mass is 16.6. The fraction of sp³-hybridized carbons (Fsp3) is 0.250. The van der Waals surface area contributed by atoms with Crippen molar-refractivity contribution in [3.8, 4) is 17.2 Å². The van der Waals surface area contributed by atoms with Crippen LogP contribution in [0.5, 0.6) is 17.2 Å². The summed E-state index contributed by atoms with van der Waals surface area (Å²) in [5.74, 6) is 0.904. The monoisotopic (exact) mass is 534 g/mol. The fourth-order valence-electron chi connectivity index (χ4n) is 3.42. The minimum atomic E-state index is -0.790. The van der Waals surface area contributed by atoms with E-state index in [2.05, 4.69) is 15.8 Å². The van der Waals surface area contributed by atoms with E-state index in [1.165, 1.54) is 18.3 Å². The van der Waals surface area contributed by atoms with Crippen molar-refractivity contribution in [3.63, 3.8) is 0 Å². The van der Waals surface area contributed by atoms with Crippen LogP contribution in [0.1, 0.15) is 30.5 Å². The van der Waals surface area contributed by atoms with Crippen molar-refractivity contribution in [2.75, 3.05) is 13.7 Å². The molecule has 2 amide bonds. The molecule has 39 heavy (non-hydrogen) atoms. The lowest BCUT2D eigenvalue weighted by atomic mass is 10.1. The van der Waals surface area contributed by atoms with Gasteiger partial charge in [0, 0.05) is 12.1 Å². The topological polar surface area (TPSA) is 141 Å². The van der Waals surface area contributed by atoms with Gasteiger partial charge in [-0.3, -0.25) is 19.7 Å². The molecule has 204 valence electrons. The average molecular weight is 535 g/mol. The minimum Gasteiger partial charge on any atom is -0.497 e. The number of non-ortho nitro benzene ring substituents is 1. The third kappa shape index (κ3) is 8.85. The third-order valence-corrected chi connectivity index (χ3v) is 5.49. The predicted molar refractivity (Wildman–Crippen MR) is 145 cm³/mol. The first-order valence-corrected chi connectivity index (χ1v) is 12.2. The second-order valence-electron chi connectivity index (χ2n) is 8.40. The van der Waals surface area contributed by atoms with Crippen molar-refractivity contribution in [1.29, 1.82) is 0 Å². The Morgan fingerprint density at radius 2 is 1.69 bits per heavy atom. The minimum absolute atomic E-state index is 0.00909. The zero-order chi connectivity index (χ0) is 28.2. The van der Waals surface area contributed by atoms with Crippen LogP contribution in [0.2, 0.25) is 0 Å². The lowest BCUT2D eigenvalue weighted by Crippen LogP contribution is -2.43. The van der Waals surface area contributed by atoms with Crippen LogP contribution in [0.15, 0.2) is 71.8 Å². The number of hydrogen-bond acceptors (Lipinski definition) is 8. The summed E-state index contributed by atoms with van der Waals surface area (Å²) in [6, 6.07) is 17.6. The quantitative estimate of drug-likeness (QED) is 0.193. The van der Waals surface area contributed by atoms with Crippen LogP contribution in [0.3, 0.4) is 0 Å². The van der Waals surface area contributed by atoms with E-state index >= 15 is 0 Å². The molecule has 0 spiro atoms. The molecular formula is C28H30N4O7. The number of nitrogens with zero attached hydrogens (tertiary/aromatic N) is 2. The lowest BCUT2D eigenvalue weighted by molar-refractivity contribution is -0.384. The highest BCUT2D eigenvalue weighted by molar-refractivity contribution is 5.89. The Bertz CT molecular complexity index is 1310. The number of carbonyl (C=O) groups is 2. The first-order valence-electron chi connectivity index (χ1n) is 12.2. The molecule has 1 atom stereocenters. The van der Waals surface area contributed by atoms with Crippen LogP contribution < -0.4 is 25.0 Å². The number of amides is 2. The number of hydrazone groups is 1. The molecule has 0 fully saturated rings. The van der Waals surface area contributed by atoms with E-state index in [4.69, 9.17) is 14.2 Å². The Balaban J connectivity index is 1.52. The standard InChI is InChI=1S/C28H30N4O7/c1-4-38-26-15-22(9-14-25(26)39-18-21-5-10-23(11-6-21)32(35)36)17-29-31-28(34)19(2)30-27(33)16-20-7-12-24(37-3)13-8-20/h5-15,17,19H,4,16,18H2,1-3H3,(H,30,33)(H,31,34). The number of nitrogens with one attached hydrogen (secondary N) is 2. The molecular weight excluding hydrogens is 504 g/mol. The van der Waals surface area contributed by atoms with Gasteiger partial charge in [0.2, 0.25) is 5.91 Å². The first kappa shape index (κ1) is 28.6. The number of rotatable bonds is 13. The summed E-state index contributed by atoms with van der Waals surface area (Å²) in [7, 11) is 1.57. The molecule has 11 nitrogen and oxygen atoms in total. The zero-order valence-electron chi connectivity index (χ0n) is 21.9. The van der Waals surface area contributed by atoms with Crippen LogP contribution in [-0.2, 0) is 22.6 Å². The molecule has 0 radical (unpaired) electrons. The molecule has 0 saturated carbocycles. The predicted octanol–water partition coefficient (Wildman–Crippen LogP) is 3.78. The number of nitro benzene ring substituents is 1. The van der Waals surface area contributed by atoms with Gasteiger partial charge in [0.1, 0.15) is 18.4 Å². The molecule has 0 saturated heterocycles. The van der Waals surface area contributed by atoms with Gasteiger partial charge in [-0.2, -0.15) is 5.10 Å². The summed E-state index contributed by atoms with van der Waals surface area (Å²) < 4.78 is 16.6. The zero-order valence-corrected chi connectivity index (χ0v) is 21.9. The number of ether oxygens (including phenoxy) is 3. The maximum absolute atomic E-state index is 12.4. The van der Waals surface area contributed by atoms with Gasteiger partial charge in [-0.25, -0.2) is 5.43 Å². The summed E-state index contributed by atoms with van der Waals surface area (Å²) in [5, 5.41) is 17.4. The van der Waals surface area contributed by atoms with Gasteiger partial charge >= 0.3 is 0 Å². The number of carbonyl (C=O) groups excluding carboxylic acids is 2. The molecule has 0 aliphatic carbocycles. The Morgan fingerprint density at radius 1 is 1.00 bits per heavy atom. The van der Waals surface area contributed by atoms with Gasteiger partial charge in [0.05, 0.1) is 31.3 Å². The summed E-state index contributed by atoms with van der Waals surface area (Å²) >= 11 is 0. The normalized spacial score (nSPS) is 11.5. The molecule has 0 aromatic heterocycles. The summed E-state index contributed by atoms with van der Waals surface area (Å²) in [6.45, 7) is 4.01. The summed E-state index contributed by atoms with van der Waals surface area (Å²) in [5.41, 5.74) is 4.64. The van der Waals surface area contributed by atoms with Gasteiger partial charge in [0.25, 0.3) is 11.6 Å². The van der Waals surface area contributed by atoms with Gasteiger partial charge in [-0.05, 0) is 73.0 Å². The Hall–Kier alpha value is -4.93. The van der Waals surface area contributed by atoms with E-state index in [0.717, 1.165) is 11.1 Å². The van der Waals surface area contributed by atoms with Crippen molar-refractivity contribution < 1.29 is 28.7 Å². The average Bonchev–Trinajstić information content (AvgIpc) is 2.93. The molecule has 0 aliphatic heterocycles. The maximum Gasteiger partial charge on any atom is 0.269 e. The van der Waals surface area contributed by atoms with Crippen LogP contribution in [-0.4, -0.2) is 42.7 Å². The second-order valence-corrected chi connectivity index (χ2v) is 8.40. The fourth-order valence-corrected chi connectivity index (χ4v) is 3.42. The smallest absolute Gasteiger partial charge is 0.269 e. The van der Waals surface area contributed by atoms with Crippen molar-refractivity contribution >= 4 is 23.7 Å². The van der Waals surface area contributed by atoms with Crippen molar-refractivity contribution in [2.24, 2.45) is 5.10 Å². The Labute approximate surface area is 225 Å².